The highest BCUT2D eigenvalue weighted by molar-refractivity contribution is 8.76. The number of likely N-dealkylation sites (tertiary alicyclic amines) is 1. The SMILES string of the molecule is C#C[C@]1(O)CC[C@H]2[C@@H]3CCC4=CCCC[C@@H]4[C@H]3C(=C)C[C@@]21CC.NC(=O)CC[C@@H]1NC(=O)[C@H](Cc2ccccc2)NC(=O)[C@H](Cc2ccc(O)cc2)NC(=O)CCSSC[C@@H](C(=O)N2CCC[C@H]2C(=O)N[C@@H](CCCN=C(N)N)C(=O)NCC(N)=O)NC(=O)[C@H](CC(N)=O)NC1=O. The van der Waals surface area contributed by atoms with Gasteiger partial charge in [0.15, 0.2) is 5.96 Å². The molecular weight excluding hydrogens is 1280 g/mol. The summed E-state index contributed by atoms with van der Waals surface area (Å²) in [5.41, 5.74) is 30.2. The van der Waals surface area contributed by atoms with E-state index in [4.69, 9.17) is 35.1 Å². The summed E-state index contributed by atoms with van der Waals surface area (Å²) in [6.07, 6.45) is 17.3. The van der Waals surface area contributed by atoms with Crippen molar-refractivity contribution in [1.29, 1.82) is 0 Å². The third-order valence-electron chi connectivity index (χ3n) is 19.5. The van der Waals surface area contributed by atoms with Crippen LogP contribution < -0.4 is 65.9 Å². The van der Waals surface area contributed by atoms with Crippen LogP contribution in [0.25, 0.3) is 0 Å². The van der Waals surface area contributed by atoms with Crippen molar-refractivity contribution in [2.24, 2.45) is 62.7 Å². The number of allylic oxidation sites excluding steroid dienone is 3. The molecule has 11 amide bonds. The van der Waals surface area contributed by atoms with Gasteiger partial charge in [-0.3, -0.25) is 57.7 Å². The van der Waals surface area contributed by atoms with Crippen molar-refractivity contribution in [2.75, 3.05) is 31.1 Å². The van der Waals surface area contributed by atoms with Crippen LogP contribution in [0.3, 0.4) is 0 Å². The van der Waals surface area contributed by atoms with Gasteiger partial charge in [-0.05, 0) is 137 Å². The summed E-state index contributed by atoms with van der Waals surface area (Å²) in [4.78, 5) is 153. The first-order valence-corrected chi connectivity index (χ1v) is 35.7. The van der Waals surface area contributed by atoms with Crippen molar-refractivity contribution >= 4 is 92.5 Å². The maximum Gasteiger partial charge on any atom is 0.246 e. The molecule has 5 fully saturated rings. The number of phenolic OH excluding ortho intramolecular Hbond substituents is 1. The molecule has 526 valence electrons. The Labute approximate surface area is 573 Å². The molecule has 8 rings (SSSR count). The van der Waals surface area contributed by atoms with E-state index in [2.05, 4.69) is 67.7 Å². The van der Waals surface area contributed by atoms with Gasteiger partial charge >= 0.3 is 0 Å². The first-order valence-electron chi connectivity index (χ1n) is 33.2. The average molecular weight is 1380 g/mol. The first-order chi connectivity index (χ1) is 46.3. The number of primary amides is 3. The number of nitrogens with two attached hydrogens (primary N) is 5. The monoisotopic (exact) mass is 1380 g/mol. The molecule has 2 heterocycles. The lowest BCUT2D eigenvalue weighted by atomic mass is 9.48. The zero-order chi connectivity index (χ0) is 70.6. The number of aliphatic hydroxyl groups is 1. The molecule has 29 heteroatoms. The number of terminal acetylenes is 1. The number of hydrogen-bond acceptors (Lipinski definition) is 16. The molecule has 2 aromatic carbocycles. The van der Waals surface area contributed by atoms with E-state index in [1.807, 2.05) is 0 Å². The van der Waals surface area contributed by atoms with Gasteiger partial charge in [0, 0.05) is 55.7 Å². The molecule has 2 aliphatic heterocycles. The number of carbonyl (C=O) groups is 11. The van der Waals surface area contributed by atoms with Crippen molar-refractivity contribution in [3.63, 3.8) is 0 Å². The lowest BCUT2D eigenvalue weighted by Gasteiger charge is -2.56. The standard InChI is InChI=1S/C46H64N14O12S2.C22H30O/c47-35(62)15-14-29-40(67)58-32(22-36(48)63)43(70)59-33(45(72)60-18-5-9-34(60)44(71)56-28(8-4-17-52-46(50)51)39(66)53-23-37(49)64)24-74-73-19-16-38(65)54-30(21-26-10-12-27(61)13-11-26)41(68)57-31(42(69)55-29)20-25-6-2-1-3-7-25;1-4-21-14-15(3)20-17-9-7-6-8-16(17)10-11-18(20)19(21)12-13-22(21,23)5-2/h1-3,6-7,10-13,28-34,61H,4-5,8-9,14-24H2,(H2,47,62)(H2,48,63)(H2,49,64)(H,53,66)(H,54,65)(H,55,69)(H,56,71)(H,57,68)(H,58,67)(H,59,70)(H4,50,51,52);2,8,17-20,23H,3-4,6-7,9-14H2,1H3/t28-,29-,30-,31-,32-,33-,34-;17-,18-,19-,20+,21-,22-/m00/s1. The third kappa shape index (κ3) is 20.5. The van der Waals surface area contributed by atoms with Crippen LogP contribution in [0.2, 0.25) is 0 Å². The van der Waals surface area contributed by atoms with Gasteiger partial charge in [0.2, 0.25) is 65.0 Å². The van der Waals surface area contributed by atoms with Crippen molar-refractivity contribution < 1.29 is 63.0 Å². The van der Waals surface area contributed by atoms with Crippen LogP contribution in [0.1, 0.15) is 127 Å². The summed E-state index contributed by atoms with van der Waals surface area (Å²) < 4.78 is 0. The fourth-order valence-electron chi connectivity index (χ4n) is 14.8. The second kappa shape index (κ2) is 35.6. The van der Waals surface area contributed by atoms with Crippen molar-refractivity contribution in [2.45, 2.75) is 177 Å². The van der Waals surface area contributed by atoms with E-state index < -0.39 is 139 Å². The zero-order valence-electron chi connectivity index (χ0n) is 54.9. The molecule has 2 saturated heterocycles. The summed E-state index contributed by atoms with van der Waals surface area (Å²) in [6, 6.07) is 4.52. The normalized spacial score (nSPS) is 28.1. The molecule has 19 N–H and O–H groups in total. The fourth-order valence-corrected chi connectivity index (χ4v) is 17.0. The molecule has 6 aliphatic rings. The Morgan fingerprint density at radius 2 is 1.45 bits per heavy atom. The largest absolute Gasteiger partial charge is 0.508 e. The summed E-state index contributed by atoms with van der Waals surface area (Å²) in [7, 11) is 2.19. The van der Waals surface area contributed by atoms with E-state index in [0.717, 1.165) is 53.2 Å². The minimum Gasteiger partial charge on any atom is -0.508 e. The number of amides is 11. The summed E-state index contributed by atoms with van der Waals surface area (Å²) in [6.45, 7) is 6.36. The maximum absolute atomic E-state index is 14.6. The molecule has 0 aromatic heterocycles. The first kappa shape index (κ1) is 75.8. The van der Waals surface area contributed by atoms with Gasteiger partial charge in [-0.15, -0.1) is 6.42 Å². The Morgan fingerprint density at radius 3 is 2.11 bits per heavy atom. The van der Waals surface area contributed by atoms with E-state index in [9.17, 15) is 63.0 Å². The van der Waals surface area contributed by atoms with Crippen molar-refractivity contribution in [3.05, 3.63) is 89.5 Å². The fraction of sp³-hybridized carbons (Fsp3) is 0.559. The van der Waals surface area contributed by atoms with Gasteiger partial charge in [-0.1, -0.05) is 101 Å². The molecule has 0 radical (unpaired) electrons. The number of phenols is 1. The molecule has 13 atom stereocenters. The lowest BCUT2D eigenvalue weighted by Crippen LogP contribution is -2.61. The predicted molar refractivity (Wildman–Crippen MR) is 367 cm³/mol. The smallest absolute Gasteiger partial charge is 0.246 e. The van der Waals surface area contributed by atoms with E-state index in [0.29, 0.717) is 35.3 Å². The molecule has 2 aromatic rings. The Balaban J connectivity index is 0.000000476. The van der Waals surface area contributed by atoms with E-state index in [1.54, 1.807) is 48.0 Å². The van der Waals surface area contributed by atoms with Crippen LogP contribution in [0, 0.1) is 41.4 Å². The summed E-state index contributed by atoms with van der Waals surface area (Å²) in [5, 5.41) is 39.0. The Hall–Kier alpha value is -8.62. The number of guanidine groups is 1. The topological polar surface area (TPSA) is 458 Å². The van der Waals surface area contributed by atoms with Gasteiger partial charge in [0.05, 0.1) is 13.0 Å². The van der Waals surface area contributed by atoms with E-state index >= 15 is 0 Å². The highest BCUT2D eigenvalue weighted by Gasteiger charge is 2.64. The molecule has 4 aliphatic carbocycles. The Kier molecular flexibility index (Phi) is 27.8. The van der Waals surface area contributed by atoms with Crippen molar-refractivity contribution in [3.8, 4) is 18.1 Å². The number of nitrogens with one attached hydrogen (secondary N) is 7. The molecule has 0 spiro atoms. The average Bonchev–Trinajstić information content (AvgIpc) is 1.61. The minimum atomic E-state index is -1.77. The number of aliphatic imine (C=N–C) groups is 1. The Morgan fingerprint density at radius 1 is 0.794 bits per heavy atom. The van der Waals surface area contributed by atoms with Gasteiger partial charge in [-0.25, -0.2) is 0 Å². The van der Waals surface area contributed by atoms with Gasteiger partial charge in [-0.2, -0.15) is 0 Å². The quantitative estimate of drug-likeness (QED) is 0.0215. The van der Waals surface area contributed by atoms with Gasteiger partial charge < -0.3 is 81.0 Å². The highest BCUT2D eigenvalue weighted by Crippen LogP contribution is 2.67. The second-order valence-electron chi connectivity index (χ2n) is 25.9. The number of carbonyl (C=O) groups excluding carboxylic acids is 11. The van der Waals surface area contributed by atoms with Crippen LogP contribution in [0.15, 0.2) is 83.4 Å². The van der Waals surface area contributed by atoms with Gasteiger partial charge in [0.1, 0.15) is 53.6 Å². The number of hydrogen-bond donors (Lipinski definition) is 14. The number of aromatic hydroxyl groups is 1. The van der Waals surface area contributed by atoms with Crippen LogP contribution in [-0.4, -0.2) is 165 Å². The van der Waals surface area contributed by atoms with Crippen LogP contribution in [-0.2, 0) is 65.6 Å². The molecule has 0 unspecified atom stereocenters. The second-order valence-corrected chi connectivity index (χ2v) is 28.5. The number of nitrogens with zero attached hydrogens (tertiary/aromatic N) is 2. The summed E-state index contributed by atoms with van der Waals surface area (Å²) in [5.74, 6) is -4.27. The molecule has 0 bridgehead atoms. The molecule has 27 nitrogen and oxygen atoms in total. The van der Waals surface area contributed by atoms with Gasteiger partial charge in [0.25, 0.3) is 0 Å². The maximum atomic E-state index is 14.6. The van der Waals surface area contributed by atoms with Crippen LogP contribution in [0.5, 0.6) is 5.75 Å². The molecular formula is C68H94N14O13S2. The van der Waals surface area contributed by atoms with Crippen LogP contribution in [0.4, 0.5) is 0 Å². The van der Waals surface area contributed by atoms with E-state index in [-0.39, 0.29) is 80.2 Å². The molecule has 97 heavy (non-hydrogen) atoms. The predicted octanol–water partition coefficient (Wildman–Crippen LogP) is 0.528. The minimum absolute atomic E-state index is 0.0128. The molecule has 3 saturated carbocycles. The third-order valence-corrected chi connectivity index (χ3v) is 21.9. The number of rotatable bonds is 20. The van der Waals surface area contributed by atoms with Crippen LogP contribution >= 0.6 is 21.6 Å². The zero-order valence-corrected chi connectivity index (χ0v) is 56.5. The van der Waals surface area contributed by atoms with Crippen molar-refractivity contribution in [1.82, 2.24) is 42.1 Å². The Bertz CT molecular complexity index is 3330. The highest BCUT2D eigenvalue weighted by atomic mass is 33.1. The lowest BCUT2D eigenvalue weighted by molar-refractivity contribution is -0.142. The number of benzene rings is 2. The summed E-state index contributed by atoms with van der Waals surface area (Å²) >= 11 is 0. The van der Waals surface area contributed by atoms with E-state index in [1.165, 1.54) is 54.7 Å². The number of fused-ring (bicyclic) bond motifs is 5.